The van der Waals surface area contributed by atoms with E-state index in [1.165, 1.54) is 14.0 Å². The molecule has 0 saturated carbocycles. The molecule has 0 aromatic heterocycles. The summed E-state index contributed by atoms with van der Waals surface area (Å²) in [5.74, 6) is -0.705. The molecule has 26 heavy (non-hydrogen) atoms. The molecule has 2 aliphatic heterocycles. The fourth-order valence-electron chi connectivity index (χ4n) is 3.04. The first-order valence-corrected chi connectivity index (χ1v) is 8.09. The van der Waals surface area contributed by atoms with E-state index in [0.29, 0.717) is 0 Å². The summed E-state index contributed by atoms with van der Waals surface area (Å²) in [7, 11) is 1.24. The number of methoxy groups -OCH3 is 1. The summed E-state index contributed by atoms with van der Waals surface area (Å²) in [5.41, 5.74) is 0. The number of aliphatic hydroxyl groups excluding tert-OH is 5. The summed E-state index contributed by atoms with van der Waals surface area (Å²) in [5, 5.41) is 63.3. The SMILES string of the molecule is CO[C@@H]1OC(COO[O-])[C@H](O[C@@H]2OC(CO)[C@H](O)[C@H](C)C2O)[C@H](O)C1O. The molecule has 2 fully saturated rings. The normalized spacial score (nSPS) is 47.1. The molecule has 2 heterocycles. The summed E-state index contributed by atoms with van der Waals surface area (Å²) in [6, 6.07) is 0. The Hall–Kier alpha value is -0.480. The Morgan fingerprint density at radius 2 is 1.58 bits per heavy atom. The van der Waals surface area contributed by atoms with Gasteiger partial charge in [0.1, 0.15) is 43.2 Å². The first-order valence-electron chi connectivity index (χ1n) is 8.09. The summed E-state index contributed by atoms with van der Waals surface area (Å²) in [6.45, 7) is 0.543. The highest BCUT2D eigenvalue weighted by Crippen LogP contribution is 2.31. The average molecular weight is 385 g/mol. The third kappa shape index (κ3) is 4.49. The Bertz CT molecular complexity index is 423. The minimum absolute atomic E-state index is 0.470. The van der Waals surface area contributed by atoms with Gasteiger partial charge in [-0.1, -0.05) is 6.92 Å². The summed E-state index contributed by atoms with van der Waals surface area (Å²) in [4.78, 5) is 4.28. The topological polar surface area (TPSA) is 180 Å². The van der Waals surface area contributed by atoms with Gasteiger partial charge in [0.05, 0.1) is 12.7 Å². The molecule has 12 heteroatoms. The van der Waals surface area contributed by atoms with Gasteiger partial charge in [0.15, 0.2) is 12.6 Å². The predicted molar refractivity (Wildman–Crippen MR) is 76.5 cm³/mol. The molecule has 0 spiro atoms. The van der Waals surface area contributed by atoms with E-state index in [1.807, 2.05) is 0 Å². The monoisotopic (exact) mass is 385 g/mol. The van der Waals surface area contributed by atoms with Gasteiger partial charge < -0.3 is 49.7 Å². The molecule has 2 rings (SSSR count). The number of hydrogen-bond acceptors (Lipinski definition) is 12. The number of hydrogen-bond donors (Lipinski definition) is 5. The van der Waals surface area contributed by atoms with Crippen molar-refractivity contribution in [3.05, 3.63) is 0 Å². The van der Waals surface area contributed by atoms with Gasteiger partial charge in [0.2, 0.25) is 0 Å². The molecule has 2 aliphatic rings. The lowest BCUT2D eigenvalue weighted by Crippen LogP contribution is -2.63. The molecule has 0 aromatic rings. The quantitative estimate of drug-likeness (QED) is 0.211. The van der Waals surface area contributed by atoms with E-state index in [0.717, 1.165) is 0 Å². The molecule has 0 radical (unpaired) electrons. The van der Waals surface area contributed by atoms with Crippen molar-refractivity contribution in [3.63, 3.8) is 0 Å². The van der Waals surface area contributed by atoms with Gasteiger partial charge in [0.25, 0.3) is 0 Å². The van der Waals surface area contributed by atoms with Gasteiger partial charge in [-0.05, 0) is 0 Å². The number of rotatable bonds is 7. The fraction of sp³-hybridized carbons (Fsp3) is 1.00. The minimum atomic E-state index is -1.54. The molecular weight excluding hydrogens is 360 g/mol. The lowest BCUT2D eigenvalue weighted by atomic mass is 9.90. The zero-order valence-corrected chi connectivity index (χ0v) is 14.3. The second-order valence-electron chi connectivity index (χ2n) is 6.28. The highest BCUT2D eigenvalue weighted by Gasteiger charge is 2.50. The van der Waals surface area contributed by atoms with E-state index >= 15 is 0 Å². The standard InChI is InChI=1S/C14H26O12/c1-5-8(16)6(3-15)23-14(9(5)17)25-12-7(4-22-26-20)24-13(21-2)11(19)10(12)18/h5-20H,3-4H2,1-2H3/p-1/t5-,6?,7?,8+,9?,10+,11?,12-,13+,14-/m0/s1. The lowest BCUT2D eigenvalue weighted by molar-refractivity contribution is -0.801. The third-order valence-corrected chi connectivity index (χ3v) is 4.67. The predicted octanol–water partition coefficient (Wildman–Crippen LogP) is -4.24. The Kier molecular flexibility index (Phi) is 8.08. The van der Waals surface area contributed by atoms with E-state index < -0.39 is 74.4 Å². The van der Waals surface area contributed by atoms with Crippen LogP contribution >= 0.6 is 0 Å². The molecule has 0 aliphatic carbocycles. The van der Waals surface area contributed by atoms with Crippen molar-refractivity contribution < 1.29 is 59.7 Å². The first kappa shape index (κ1) is 21.8. The van der Waals surface area contributed by atoms with Gasteiger partial charge in [-0.15, -0.1) is 0 Å². The van der Waals surface area contributed by atoms with Crippen LogP contribution in [0.3, 0.4) is 0 Å². The maximum atomic E-state index is 10.3. The van der Waals surface area contributed by atoms with Gasteiger partial charge in [-0.25, -0.2) is 4.89 Å². The van der Waals surface area contributed by atoms with Gasteiger partial charge in [-0.2, -0.15) is 0 Å². The van der Waals surface area contributed by atoms with Crippen molar-refractivity contribution in [2.45, 2.75) is 62.2 Å². The zero-order valence-electron chi connectivity index (χ0n) is 14.3. The van der Waals surface area contributed by atoms with Crippen molar-refractivity contribution in [1.82, 2.24) is 0 Å². The van der Waals surface area contributed by atoms with E-state index in [4.69, 9.17) is 18.9 Å². The van der Waals surface area contributed by atoms with Crippen LogP contribution in [-0.4, -0.2) is 101 Å². The molecule has 12 nitrogen and oxygen atoms in total. The summed E-state index contributed by atoms with van der Waals surface area (Å²) in [6.07, 6.45) is -11.5. The second-order valence-corrected chi connectivity index (χ2v) is 6.28. The number of ether oxygens (including phenoxy) is 4. The molecule has 10 atom stereocenters. The molecule has 2 saturated heterocycles. The van der Waals surface area contributed by atoms with Crippen molar-refractivity contribution in [1.29, 1.82) is 0 Å². The van der Waals surface area contributed by atoms with Crippen LogP contribution in [0.4, 0.5) is 0 Å². The largest absolute Gasteiger partial charge is 0.692 e. The molecule has 0 aromatic carbocycles. The van der Waals surface area contributed by atoms with Crippen LogP contribution in [-0.2, 0) is 28.9 Å². The Morgan fingerprint density at radius 1 is 0.923 bits per heavy atom. The van der Waals surface area contributed by atoms with E-state index in [-0.39, 0.29) is 0 Å². The van der Waals surface area contributed by atoms with Crippen LogP contribution in [0.25, 0.3) is 0 Å². The Labute approximate surface area is 149 Å². The van der Waals surface area contributed by atoms with E-state index in [9.17, 15) is 30.8 Å². The molecule has 0 bridgehead atoms. The molecule has 4 unspecified atom stereocenters. The van der Waals surface area contributed by atoms with Crippen LogP contribution in [0.5, 0.6) is 0 Å². The molecular formula is C14H25O12-. The maximum absolute atomic E-state index is 10.3. The molecule has 5 N–H and O–H groups in total. The van der Waals surface area contributed by atoms with Crippen LogP contribution in [0.2, 0.25) is 0 Å². The van der Waals surface area contributed by atoms with Crippen molar-refractivity contribution in [2.75, 3.05) is 20.3 Å². The highest BCUT2D eigenvalue weighted by molar-refractivity contribution is 4.93. The van der Waals surface area contributed by atoms with Crippen LogP contribution in [0.15, 0.2) is 0 Å². The molecule has 0 amide bonds. The van der Waals surface area contributed by atoms with E-state index in [1.54, 1.807) is 0 Å². The van der Waals surface area contributed by atoms with Crippen molar-refractivity contribution >= 4 is 0 Å². The van der Waals surface area contributed by atoms with Gasteiger partial charge in [-0.3, -0.25) is 5.04 Å². The van der Waals surface area contributed by atoms with Gasteiger partial charge in [0, 0.05) is 13.0 Å². The molecule has 154 valence electrons. The highest BCUT2D eigenvalue weighted by atomic mass is 17.5. The smallest absolute Gasteiger partial charge is 0.186 e. The number of aliphatic hydroxyl groups is 5. The lowest BCUT2D eigenvalue weighted by Gasteiger charge is -2.46. The summed E-state index contributed by atoms with van der Waals surface area (Å²) < 4.78 is 21.2. The van der Waals surface area contributed by atoms with Crippen molar-refractivity contribution in [2.24, 2.45) is 5.92 Å². The fourth-order valence-corrected chi connectivity index (χ4v) is 3.04. The zero-order chi connectivity index (χ0) is 19.4. The minimum Gasteiger partial charge on any atom is -0.692 e. The van der Waals surface area contributed by atoms with Crippen LogP contribution in [0.1, 0.15) is 6.92 Å². The Balaban J connectivity index is 2.14. The summed E-state index contributed by atoms with van der Waals surface area (Å²) >= 11 is 0. The first-order chi connectivity index (χ1) is 12.3. The van der Waals surface area contributed by atoms with Crippen LogP contribution in [0, 0.1) is 5.92 Å². The van der Waals surface area contributed by atoms with Gasteiger partial charge >= 0.3 is 0 Å². The Morgan fingerprint density at radius 3 is 2.15 bits per heavy atom. The second kappa shape index (κ2) is 9.64. The third-order valence-electron chi connectivity index (χ3n) is 4.67. The van der Waals surface area contributed by atoms with Crippen LogP contribution < -0.4 is 5.26 Å². The maximum Gasteiger partial charge on any atom is 0.186 e. The average Bonchev–Trinajstić information content (AvgIpc) is 2.64. The van der Waals surface area contributed by atoms with Crippen molar-refractivity contribution in [3.8, 4) is 0 Å². The van der Waals surface area contributed by atoms with E-state index in [2.05, 4.69) is 9.93 Å².